The molecule has 1 rings (SSSR count). The lowest BCUT2D eigenvalue weighted by Crippen LogP contribution is -2.45. The van der Waals surface area contributed by atoms with Gasteiger partial charge in [0, 0.05) is 0 Å². The number of carbonyl (C=O) groups is 2. The summed E-state index contributed by atoms with van der Waals surface area (Å²) in [5.41, 5.74) is 3.07. The summed E-state index contributed by atoms with van der Waals surface area (Å²) in [6.45, 7) is 7.66. The number of nitrogens with one attached hydrogen (secondary N) is 1. The van der Waals surface area contributed by atoms with Crippen LogP contribution in [-0.4, -0.2) is 23.0 Å². The number of carboxylic acids is 1. The maximum absolute atomic E-state index is 12.1. The van der Waals surface area contributed by atoms with Crippen molar-refractivity contribution in [3.8, 4) is 0 Å². The molecule has 0 saturated heterocycles. The molecule has 0 spiro atoms. The third kappa shape index (κ3) is 4.08. The highest BCUT2D eigenvalue weighted by Crippen LogP contribution is 2.14. The number of rotatable bonds is 6. The Morgan fingerprint density at radius 1 is 1.25 bits per heavy atom. The minimum absolute atomic E-state index is 0.0885. The molecule has 0 saturated carbocycles. The second-order valence-electron chi connectivity index (χ2n) is 5.32. The molecule has 0 aliphatic rings. The van der Waals surface area contributed by atoms with Crippen LogP contribution < -0.4 is 5.32 Å². The maximum atomic E-state index is 12.1. The van der Waals surface area contributed by atoms with E-state index in [9.17, 15) is 14.7 Å². The summed E-state index contributed by atoms with van der Waals surface area (Å²) in [5, 5.41) is 11.8. The lowest BCUT2D eigenvalue weighted by atomic mass is 9.97. The minimum atomic E-state index is -0.978. The van der Waals surface area contributed by atoms with E-state index in [0.29, 0.717) is 6.42 Å². The van der Waals surface area contributed by atoms with Crippen molar-refractivity contribution in [2.24, 2.45) is 5.92 Å². The lowest BCUT2D eigenvalue weighted by Gasteiger charge is -2.20. The van der Waals surface area contributed by atoms with Gasteiger partial charge in [-0.25, -0.2) is 4.79 Å². The second-order valence-corrected chi connectivity index (χ2v) is 5.32. The van der Waals surface area contributed by atoms with Crippen LogP contribution in [0.1, 0.15) is 37.0 Å². The van der Waals surface area contributed by atoms with Gasteiger partial charge in [-0.3, -0.25) is 4.79 Å². The van der Waals surface area contributed by atoms with Crippen molar-refractivity contribution in [2.75, 3.05) is 0 Å². The zero-order chi connectivity index (χ0) is 15.3. The van der Waals surface area contributed by atoms with Crippen molar-refractivity contribution in [3.63, 3.8) is 0 Å². The number of aryl methyl sites for hydroxylation is 2. The maximum Gasteiger partial charge on any atom is 0.326 e. The largest absolute Gasteiger partial charge is 0.480 e. The molecule has 0 aliphatic carbocycles. The first kappa shape index (κ1) is 16.2. The van der Waals surface area contributed by atoms with E-state index in [0.717, 1.165) is 16.7 Å². The molecule has 2 N–H and O–H groups in total. The Balaban J connectivity index is 2.79. The number of carboxylic acid groups (broad SMARTS) is 1. The van der Waals surface area contributed by atoms with Gasteiger partial charge in [0.05, 0.1) is 6.42 Å². The highest BCUT2D eigenvalue weighted by Gasteiger charge is 2.25. The third-order valence-corrected chi connectivity index (χ3v) is 3.78. The molecule has 4 heteroatoms. The second kappa shape index (κ2) is 7.08. The van der Waals surface area contributed by atoms with Gasteiger partial charge in [0.15, 0.2) is 0 Å². The molecule has 0 unspecified atom stereocenters. The van der Waals surface area contributed by atoms with Gasteiger partial charge in [-0.05, 0) is 36.5 Å². The van der Waals surface area contributed by atoms with E-state index in [-0.39, 0.29) is 18.2 Å². The average Bonchev–Trinajstić information content (AvgIpc) is 2.39. The van der Waals surface area contributed by atoms with E-state index < -0.39 is 12.0 Å². The molecule has 4 nitrogen and oxygen atoms in total. The van der Waals surface area contributed by atoms with Crippen LogP contribution in [0.15, 0.2) is 18.2 Å². The van der Waals surface area contributed by atoms with Crippen LogP contribution in [0.2, 0.25) is 0 Å². The van der Waals surface area contributed by atoms with Gasteiger partial charge in [-0.15, -0.1) is 0 Å². The summed E-state index contributed by atoms with van der Waals surface area (Å²) in [4.78, 5) is 23.3. The molecule has 2 atom stereocenters. The van der Waals surface area contributed by atoms with Gasteiger partial charge in [-0.1, -0.05) is 38.5 Å². The zero-order valence-electron chi connectivity index (χ0n) is 12.6. The first-order chi connectivity index (χ1) is 9.36. The first-order valence-corrected chi connectivity index (χ1v) is 6.94. The number of hydrogen-bond acceptors (Lipinski definition) is 2. The van der Waals surface area contributed by atoms with E-state index >= 15 is 0 Å². The van der Waals surface area contributed by atoms with Crippen molar-refractivity contribution in [3.05, 3.63) is 34.9 Å². The van der Waals surface area contributed by atoms with Crippen LogP contribution >= 0.6 is 0 Å². The highest BCUT2D eigenvalue weighted by molar-refractivity contribution is 5.85. The molecule has 0 aromatic heterocycles. The van der Waals surface area contributed by atoms with Gasteiger partial charge >= 0.3 is 5.97 Å². The molecule has 110 valence electrons. The molecule has 1 amide bonds. The number of amides is 1. The van der Waals surface area contributed by atoms with Crippen LogP contribution in [-0.2, 0) is 16.0 Å². The molecule has 0 aliphatic heterocycles. The zero-order valence-corrected chi connectivity index (χ0v) is 12.6. The Hall–Kier alpha value is -1.84. The highest BCUT2D eigenvalue weighted by atomic mass is 16.4. The van der Waals surface area contributed by atoms with Crippen molar-refractivity contribution < 1.29 is 14.7 Å². The molecule has 0 radical (unpaired) electrons. The van der Waals surface area contributed by atoms with E-state index in [1.807, 2.05) is 45.9 Å². The van der Waals surface area contributed by atoms with Gasteiger partial charge in [-0.2, -0.15) is 0 Å². The summed E-state index contributed by atoms with van der Waals surface area (Å²) < 4.78 is 0. The first-order valence-electron chi connectivity index (χ1n) is 6.94. The SMILES string of the molecule is CC[C@H](C)[C@H](NC(=O)Cc1c(C)cccc1C)C(=O)O. The van der Waals surface area contributed by atoms with Gasteiger partial charge < -0.3 is 10.4 Å². The van der Waals surface area contributed by atoms with E-state index in [2.05, 4.69) is 5.32 Å². The van der Waals surface area contributed by atoms with Crippen LogP contribution in [0.5, 0.6) is 0 Å². The van der Waals surface area contributed by atoms with Crippen molar-refractivity contribution in [2.45, 2.75) is 46.6 Å². The van der Waals surface area contributed by atoms with Crippen molar-refractivity contribution in [1.82, 2.24) is 5.32 Å². The lowest BCUT2D eigenvalue weighted by molar-refractivity contribution is -0.143. The predicted octanol–water partition coefficient (Wildman–Crippen LogP) is 2.46. The molecule has 0 heterocycles. The fourth-order valence-corrected chi connectivity index (χ4v) is 2.20. The average molecular weight is 277 g/mol. The van der Waals surface area contributed by atoms with Gasteiger partial charge in [0.25, 0.3) is 0 Å². The molecule has 0 fully saturated rings. The summed E-state index contributed by atoms with van der Waals surface area (Å²) in [7, 11) is 0. The Labute approximate surface area is 120 Å². The summed E-state index contributed by atoms with van der Waals surface area (Å²) in [6, 6.07) is 5.04. The van der Waals surface area contributed by atoms with Crippen LogP contribution in [0.4, 0.5) is 0 Å². The Kier molecular flexibility index (Phi) is 5.74. The number of aliphatic carboxylic acids is 1. The standard InChI is InChI=1S/C16H23NO3/c1-5-10(2)15(16(19)20)17-14(18)9-13-11(3)7-6-8-12(13)4/h6-8,10,15H,5,9H2,1-4H3,(H,17,18)(H,19,20)/t10-,15-/m0/s1. The molecule has 20 heavy (non-hydrogen) atoms. The van der Waals surface area contributed by atoms with E-state index in [4.69, 9.17) is 0 Å². The fraction of sp³-hybridized carbons (Fsp3) is 0.500. The predicted molar refractivity (Wildman–Crippen MR) is 78.6 cm³/mol. The molecule has 1 aromatic carbocycles. The minimum Gasteiger partial charge on any atom is -0.480 e. The topological polar surface area (TPSA) is 66.4 Å². The Morgan fingerprint density at radius 3 is 2.25 bits per heavy atom. The van der Waals surface area contributed by atoms with Gasteiger partial charge in [0.1, 0.15) is 6.04 Å². The monoisotopic (exact) mass is 277 g/mol. The van der Waals surface area contributed by atoms with E-state index in [1.165, 1.54) is 0 Å². The summed E-state index contributed by atoms with van der Waals surface area (Å²) in [6.07, 6.45) is 0.930. The molecular formula is C16H23NO3. The smallest absolute Gasteiger partial charge is 0.326 e. The van der Waals surface area contributed by atoms with Crippen LogP contribution in [0.3, 0.4) is 0 Å². The number of benzene rings is 1. The number of carbonyl (C=O) groups excluding carboxylic acids is 1. The van der Waals surface area contributed by atoms with Crippen molar-refractivity contribution in [1.29, 1.82) is 0 Å². The fourth-order valence-electron chi connectivity index (χ4n) is 2.20. The van der Waals surface area contributed by atoms with E-state index in [1.54, 1.807) is 0 Å². The molecular weight excluding hydrogens is 254 g/mol. The summed E-state index contributed by atoms with van der Waals surface area (Å²) in [5.74, 6) is -1.31. The van der Waals surface area contributed by atoms with Crippen LogP contribution in [0, 0.1) is 19.8 Å². The number of hydrogen-bond donors (Lipinski definition) is 2. The summed E-state index contributed by atoms with van der Waals surface area (Å²) >= 11 is 0. The quantitative estimate of drug-likeness (QED) is 0.839. The van der Waals surface area contributed by atoms with Crippen LogP contribution in [0.25, 0.3) is 0 Å². The molecule has 1 aromatic rings. The van der Waals surface area contributed by atoms with Crippen molar-refractivity contribution >= 4 is 11.9 Å². The normalized spacial score (nSPS) is 13.6. The molecule has 0 bridgehead atoms. The Bertz CT molecular complexity index is 476. The Morgan fingerprint density at radius 2 is 1.80 bits per heavy atom. The van der Waals surface area contributed by atoms with Gasteiger partial charge in [0.2, 0.25) is 5.91 Å². The third-order valence-electron chi connectivity index (χ3n) is 3.78.